The minimum atomic E-state index is -0.0551. The second-order valence-electron chi connectivity index (χ2n) is 2.58. The van der Waals surface area contributed by atoms with Crippen molar-refractivity contribution in [3.63, 3.8) is 0 Å². The maximum absolute atomic E-state index is 10.9. The molecule has 0 N–H and O–H groups in total. The molecule has 0 bridgehead atoms. The Morgan fingerprint density at radius 3 is 2.58 bits per heavy atom. The van der Waals surface area contributed by atoms with Crippen molar-refractivity contribution in [3.05, 3.63) is 0 Å². The zero-order valence-corrected chi connectivity index (χ0v) is 8.78. The molecule has 0 atom stereocenters. The van der Waals surface area contributed by atoms with Gasteiger partial charge in [-0.05, 0) is 18.6 Å². The van der Waals surface area contributed by atoms with E-state index >= 15 is 0 Å². The number of carbonyl (C=O) groups is 1. The van der Waals surface area contributed by atoms with Gasteiger partial charge in [-0.2, -0.15) is 11.8 Å². The van der Waals surface area contributed by atoms with Crippen LogP contribution < -0.4 is 0 Å². The zero-order valence-electron chi connectivity index (χ0n) is 7.97. The number of hydrogen-bond acceptors (Lipinski definition) is 3. The van der Waals surface area contributed by atoms with E-state index in [2.05, 4.69) is 6.92 Å². The van der Waals surface area contributed by atoms with Gasteiger partial charge < -0.3 is 4.74 Å². The van der Waals surface area contributed by atoms with Crippen molar-refractivity contribution in [2.75, 3.05) is 18.1 Å². The molecule has 0 fully saturated rings. The first-order chi connectivity index (χ1) is 5.81. The van der Waals surface area contributed by atoms with E-state index in [0.29, 0.717) is 13.0 Å². The summed E-state index contributed by atoms with van der Waals surface area (Å²) in [7, 11) is 0. The molecule has 0 saturated carbocycles. The molecule has 0 aliphatic carbocycles. The third kappa shape index (κ3) is 7.92. The second-order valence-corrected chi connectivity index (χ2v) is 3.81. The van der Waals surface area contributed by atoms with Gasteiger partial charge in [0.15, 0.2) is 0 Å². The van der Waals surface area contributed by atoms with Gasteiger partial charge in [-0.15, -0.1) is 0 Å². The lowest BCUT2D eigenvalue weighted by Gasteiger charge is -2.01. The van der Waals surface area contributed by atoms with Crippen LogP contribution in [0.25, 0.3) is 0 Å². The van der Waals surface area contributed by atoms with Crippen molar-refractivity contribution >= 4 is 17.7 Å². The first-order valence-corrected chi connectivity index (χ1v) is 5.70. The number of esters is 1. The normalized spacial score (nSPS) is 9.83. The Hall–Kier alpha value is -0.180. The van der Waals surface area contributed by atoms with E-state index < -0.39 is 0 Å². The first kappa shape index (κ1) is 11.8. The average Bonchev–Trinajstić information content (AvgIpc) is 2.09. The number of ether oxygens (including phenoxy) is 1. The summed E-state index contributed by atoms with van der Waals surface area (Å²) in [5.74, 6) is 1.98. The Morgan fingerprint density at radius 2 is 2.00 bits per heavy atom. The number of thioether (sulfide) groups is 1. The van der Waals surface area contributed by atoms with Crippen molar-refractivity contribution in [2.24, 2.45) is 0 Å². The molecule has 0 aliphatic heterocycles. The highest BCUT2D eigenvalue weighted by atomic mass is 32.2. The topological polar surface area (TPSA) is 26.3 Å². The van der Waals surface area contributed by atoms with Crippen LogP contribution in [0.5, 0.6) is 0 Å². The van der Waals surface area contributed by atoms with Crippen molar-refractivity contribution in [2.45, 2.75) is 33.1 Å². The zero-order chi connectivity index (χ0) is 9.23. The molecule has 0 heterocycles. The van der Waals surface area contributed by atoms with E-state index in [0.717, 1.165) is 17.9 Å². The SMILES string of the molecule is CCCOC(=O)CCSCCC. The summed E-state index contributed by atoms with van der Waals surface area (Å²) < 4.78 is 4.92. The van der Waals surface area contributed by atoms with Crippen LogP contribution >= 0.6 is 11.8 Å². The summed E-state index contributed by atoms with van der Waals surface area (Å²) in [6, 6.07) is 0. The standard InChI is InChI=1S/C9H18O2S/c1-3-6-11-9(10)5-8-12-7-4-2/h3-8H2,1-2H3. The van der Waals surface area contributed by atoms with Crippen LogP contribution in [0, 0.1) is 0 Å². The van der Waals surface area contributed by atoms with Gasteiger partial charge in [0.25, 0.3) is 0 Å². The highest BCUT2D eigenvalue weighted by Gasteiger charge is 2.00. The molecule has 72 valence electrons. The Bertz CT molecular complexity index is 115. The summed E-state index contributed by atoms with van der Waals surface area (Å²) >= 11 is 1.81. The van der Waals surface area contributed by atoms with Crippen molar-refractivity contribution in [3.8, 4) is 0 Å². The molecule has 0 aliphatic rings. The first-order valence-electron chi connectivity index (χ1n) is 4.54. The number of carbonyl (C=O) groups excluding carboxylic acids is 1. The smallest absolute Gasteiger partial charge is 0.306 e. The predicted molar refractivity (Wildman–Crippen MR) is 53.5 cm³/mol. The maximum Gasteiger partial charge on any atom is 0.306 e. The molecular weight excluding hydrogens is 172 g/mol. The third-order valence-electron chi connectivity index (χ3n) is 1.27. The predicted octanol–water partition coefficient (Wildman–Crippen LogP) is 2.47. The van der Waals surface area contributed by atoms with Crippen LogP contribution in [-0.4, -0.2) is 24.1 Å². The van der Waals surface area contributed by atoms with Crippen LogP contribution in [0.4, 0.5) is 0 Å². The van der Waals surface area contributed by atoms with E-state index in [1.165, 1.54) is 6.42 Å². The van der Waals surface area contributed by atoms with Gasteiger partial charge in [-0.3, -0.25) is 4.79 Å². The molecule has 2 nitrogen and oxygen atoms in total. The molecule has 3 heteroatoms. The lowest BCUT2D eigenvalue weighted by Crippen LogP contribution is -2.06. The average molecular weight is 190 g/mol. The van der Waals surface area contributed by atoms with Crippen molar-refractivity contribution < 1.29 is 9.53 Å². The van der Waals surface area contributed by atoms with Gasteiger partial charge >= 0.3 is 5.97 Å². The van der Waals surface area contributed by atoms with E-state index in [4.69, 9.17) is 4.74 Å². The molecular formula is C9H18O2S. The van der Waals surface area contributed by atoms with Crippen LogP contribution in [0.1, 0.15) is 33.1 Å². The third-order valence-corrected chi connectivity index (χ3v) is 2.46. The molecule has 12 heavy (non-hydrogen) atoms. The minimum Gasteiger partial charge on any atom is -0.466 e. The Morgan fingerprint density at radius 1 is 1.25 bits per heavy atom. The monoisotopic (exact) mass is 190 g/mol. The van der Waals surface area contributed by atoms with Crippen LogP contribution in [0.2, 0.25) is 0 Å². The van der Waals surface area contributed by atoms with Gasteiger partial charge in [0, 0.05) is 5.75 Å². The summed E-state index contributed by atoms with van der Waals surface area (Å²) in [6.45, 7) is 4.71. The molecule has 0 rings (SSSR count). The van der Waals surface area contributed by atoms with Gasteiger partial charge in [0.2, 0.25) is 0 Å². The molecule has 0 aromatic rings. The van der Waals surface area contributed by atoms with E-state index in [9.17, 15) is 4.79 Å². The van der Waals surface area contributed by atoms with Gasteiger partial charge in [0.05, 0.1) is 13.0 Å². The molecule has 0 aromatic heterocycles. The van der Waals surface area contributed by atoms with E-state index in [1.54, 1.807) is 0 Å². The fraction of sp³-hybridized carbons (Fsp3) is 0.889. The highest BCUT2D eigenvalue weighted by molar-refractivity contribution is 7.99. The molecule has 0 amide bonds. The van der Waals surface area contributed by atoms with Crippen LogP contribution in [-0.2, 0) is 9.53 Å². The largest absolute Gasteiger partial charge is 0.466 e. The summed E-state index contributed by atoms with van der Waals surface area (Å²) in [5.41, 5.74) is 0. The Balaban J connectivity index is 3.08. The lowest BCUT2D eigenvalue weighted by molar-refractivity contribution is -0.143. The Labute approximate surface area is 79.1 Å². The lowest BCUT2D eigenvalue weighted by atomic mass is 10.5. The highest BCUT2D eigenvalue weighted by Crippen LogP contribution is 2.04. The summed E-state index contributed by atoms with van der Waals surface area (Å²) in [5, 5.41) is 0. The summed E-state index contributed by atoms with van der Waals surface area (Å²) in [4.78, 5) is 10.9. The maximum atomic E-state index is 10.9. The quantitative estimate of drug-likeness (QED) is 0.455. The molecule has 0 aromatic carbocycles. The Kier molecular flexibility index (Phi) is 8.78. The fourth-order valence-corrected chi connectivity index (χ4v) is 1.49. The van der Waals surface area contributed by atoms with E-state index in [1.807, 2.05) is 18.7 Å². The van der Waals surface area contributed by atoms with Crippen LogP contribution in [0.3, 0.4) is 0 Å². The van der Waals surface area contributed by atoms with Gasteiger partial charge in [-0.25, -0.2) is 0 Å². The second kappa shape index (κ2) is 8.91. The summed E-state index contributed by atoms with van der Waals surface area (Å²) in [6.07, 6.45) is 2.65. The number of hydrogen-bond donors (Lipinski definition) is 0. The van der Waals surface area contributed by atoms with Crippen molar-refractivity contribution in [1.29, 1.82) is 0 Å². The molecule has 0 saturated heterocycles. The van der Waals surface area contributed by atoms with Crippen LogP contribution in [0.15, 0.2) is 0 Å². The number of rotatable bonds is 7. The van der Waals surface area contributed by atoms with E-state index in [-0.39, 0.29) is 5.97 Å². The van der Waals surface area contributed by atoms with Gasteiger partial charge in [-0.1, -0.05) is 13.8 Å². The minimum absolute atomic E-state index is 0.0551. The van der Waals surface area contributed by atoms with Gasteiger partial charge in [0.1, 0.15) is 0 Å². The molecule has 0 spiro atoms. The fourth-order valence-electron chi connectivity index (χ4n) is 0.690. The van der Waals surface area contributed by atoms with Crippen molar-refractivity contribution in [1.82, 2.24) is 0 Å². The molecule has 0 unspecified atom stereocenters. The molecule has 0 radical (unpaired) electrons.